The average Bonchev–Trinajstić information content (AvgIpc) is 2.52. The van der Waals surface area contributed by atoms with Crippen molar-refractivity contribution in [2.45, 2.75) is 58.8 Å². The summed E-state index contributed by atoms with van der Waals surface area (Å²) in [5, 5.41) is 0. The van der Waals surface area contributed by atoms with Crippen LogP contribution in [0.25, 0.3) is 0 Å². The number of rotatable bonds is 3. The maximum absolute atomic E-state index is 11.7. The molecule has 2 aromatic rings. The third-order valence-corrected chi connectivity index (χ3v) is 4.35. The largest absolute Gasteiger partial charge is 0.465 e. The van der Waals surface area contributed by atoms with E-state index in [-0.39, 0.29) is 16.8 Å². The van der Waals surface area contributed by atoms with Gasteiger partial charge in [0.05, 0.1) is 12.7 Å². The van der Waals surface area contributed by atoms with E-state index in [2.05, 4.69) is 64.7 Å². The van der Waals surface area contributed by atoms with Gasteiger partial charge in [0.25, 0.3) is 0 Å². The minimum atomic E-state index is -0.331. The summed E-state index contributed by atoms with van der Waals surface area (Å²) >= 11 is 0. The molecule has 0 unspecified atom stereocenters. The Hall–Kier alpha value is -2.16. The van der Waals surface area contributed by atoms with Gasteiger partial charge in [0, 0.05) is 18.3 Å². The van der Waals surface area contributed by atoms with Crippen LogP contribution in [0.5, 0.6) is 0 Å². The Labute approximate surface area is 151 Å². The molecule has 2 rings (SSSR count). The van der Waals surface area contributed by atoms with Crippen molar-refractivity contribution in [3.05, 3.63) is 64.5 Å². The van der Waals surface area contributed by atoms with Gasteiger partial charge in [0.1, 0.15) is 0 Å². The fourth-order valence-electron chi connectivity index (χ4n) is 2.69. The summed E-state index contributed by atoms with van der Waals surface area (Å²) in [5.74, 6) is -0.331. The number of carbonyl (C=O) groups excluding carboxylic acids is 1. The first-order chi connectivity index (χ1) is 11.5. The minimum Gasteiger partial charge on any atom is -0.465 e. The quantitative estimate of drug-likeness (QED) is 0.734. The van der Waals surface area contributed by atoms with Crippen molar-refractivity contribution in [2.24, 2.45) is 0 Å². The maximum Gasteiger partial charge on any atom is 0.337 e. The van der Waals surface area contributed by atoms with Crippen LogP contribution in [0.15, 0.2) is 36.5 Å². The standard InChI is InChI=1S/C22H29NO2/c1-21(2,3)17-10-15(11-18(14-17)22(4,5)6)12-19-13-16(8-9-23-19)20(24)25-7/h8-11,13-14H,12H2,1-7H3. The molecule has 134 valence electrons. The minimum absolute atomic E-state index is 0.0807. The molecule has 0 aliphatic heterocycles. The Morgan fingerprint density at radius 2 is 1.52 bits per heavy atom. The number of nitrogens with zero attached hydrogens (tertiary/aromatic N) is 1. The van der Waals surface area contributed by atoms with Gasteiger partial charge < -0.3 is 4.74 Å². The molecule has 3 nitrogen and oxygen atoms in total. The second kappa shape index (κ2) is 6.99. The van der Waals surface area contributed by atoms with Gasteiger partial charge in [-0.05, 0) is 39.7 Å². The lowest BCUT2D eigenvalue weighted by Gasteiger charge is -2.26. The van der Waals surface area contributed by atoms with Crippen molar-refractivity contribution in [2.75, 3.05) is 7.11 Å². The summed E-state index contributed by atoms with van der Waals surface area (Å²) in [6, 6.07) is 10.3. The summed E-state index contributed by atoms with van der Waals surface area (Å²) in [5.41, 5.74) is 5.42. The van der Waals surface area contributed by atoms with Gasteiger partial charge in [-0.15, -0.1) is 0 Å². The fourth-order valence-corrected chi connectivity index (χ4v) is 2.69. The first-order valence-electron chi connectivity index (χ1n) is 8.69. The normalized spacial score (nSPS) is 12.1. The predicted octanol–water partition coefficient (Wildman–Crippen LogP) is 5.05. The van der Waals surface area contributed by atoms with Gasteiger partial charge in [-0.25, -0.2) is 4.79 Å². The zero-order valence-electron chi connectivity index (χ0n) is 16.4. The number of esters is 1. The van der Waals surface area contributed by atoms with Crippen LogP contribution >= 0.6 is 0 Å². The van der Waals surface area contributed by atoms with E-state index in [4.69, 9.17) is 4.74 Å². The summed E-state index contributed by atoms with van der Waals surface area (Å²) in [6.07, 6.45) is 2.36. The Morgan fingerprint density at radius 3 is 2.00 bits per heavy atom. The van der Waals surface area contributed by atoms with Gasteiger partial charge in [-0.1, -0.05) is 59.7 Å². The highest BCUT2D eigenvalue weighted by Gasteiger charge is 2.20. The van der Waals surface area contributed by atoms with E-state index < -0.39 is 0 Å². The third kappa shape index (κ3) is 4.91. The SMILES string of the molecule is COC(=O)c1ccnc(Cc2cc(C(C)(C)C)cc(C(C)(C)C)c2)c1. The number of aromatic nitrogens is 1. The van der Waals surface area contributed by atoms with Gasteiger partial charge in [-0.2, -0.15) is 0 Å². The number of benzene rings is 1. The maximum atomic E-state index is 11.7. The molecule has 1 aromatic heterocycles. The molecular formula is C22H29NO2. The second-order valence-corrected chi connectivity index (χ2v) is 8.62. The van der Waals surface area contributed by atoms with Gasteiger partial charge in [0.15, 0.2) is 0 Å². The van der Waals surface area contributed by atoms with E-state index in [0.717, 1.165) is 5.69 Å². The number of carbonyl (C=O) groups is 1. The zero-order valence-corrected chi connectivity index (χ0v) is 16.4. The summed E-state index contributed by atoms with van der Waals surface area (Å²) in [4.78, 5) is 16.2. The van der Waals surface area contributed by atoms with Crippen molar-refractivity contribution in [1.29, 1.82) is 0 Å². The molecule has 1 heterocycles. The Morgan fingerprint density at radius 1 is 0.960 bits per heavy atom. The molecule has 0 bridgehead atoms. The molecule has 25 heavy (non-hydrogen) atoms. The van der Waals surface area contributed by atoms with E-state index in [0.29, 0.717) is 12.0 Å². The van der Waals surface area contributed by atoms with Gasteiger partial charge in [0.2, 0.25) is 0 Å². The van der Waals surface area contributed by atoms with Gasteiger partial charge >= 0.3 is 5.97 Å². The number of methoxy groups -OCH3 is 1. The summed E-state index contributed by atoms with van der Waals surface area (Å²) in [6.45, 7) is 13.4. The highest BCUT2D eigenvalue weighted by molar-refractivity contribution is 5.89. The Kier molecular flexibility index (Phi) is 5.36. The van der Waals surface area contributed by atoms with Crippen LogP contribution in [0.3, 0.4) is 0 Å². The topological polar surface area (TPSA) is 39.2 Å². The lowest BCUT2D eigenvalue weighted by atomic mass is 9.79. The van der Waals surface area contributed by atoms with Crippen LogP contribution in [-0.4, -0.2) is 18.1 Å². The van der Waals surface area contributed by atoms with Crippen molar-refractivity contribution in [3.63, 3.8) is 0 Å². The first-order valence-corrected chi connectivity index (χ1v) is 8.69. The summed E-state index contributed by atoms with van der Waals surface area (Å²) < 4.78 is 4.80. The lowest BCUT2D eigenvalue weighted by molar-refractivity contribution is 0.0600. The molecule has 3 heteroatoms. The van der Waals surface area contributed by atoms with E-state index in [1.165, 1.54) is 23.8 Å². The molecule has 0 radical (unpaired) electrons. The van der Waals surface area contributed by atoms with E-state index in [1.807, 2.05) is 6.07 Å². The molecule has 0 saturated carbocycles. The third-order valence-electron chi connectivity index (χ3n) is 4.35. The van der Waals surface area contributed by atoms with E-state index >= 15 is 0 Å². The predicted molar refractivity (Wildman–Crippen MR) is 102 cm³/mol. The van der Waals surface area contributed by atoms with Crippen molar-refractivity contribution in [3.8, 4) is 0 Å². The molecule has 0 spiro atoms. The van der Waals surface area contributed by atoms with E-state index in [9.17, 15) is 4.79 Å². The number of pyridine rings is 1. The van der Waals surface area contributed by atoms with Gasteiger partial charge in [-0.3, -0.25) is 4.98 Å². The molecule has 0 aliphatic rings. The van der Waals surface area contributed by atoms with E-state index in [1.54, 1.807) is 12.3 Å². The van der Waals surface area contributed by atoms with Crippen LogP contribution < -0.4 is 0 Å². The summed E-state index contributed by atoms with van der Waals surface area (Å²) in [7, 11) is 1.39. The number of hydrogen-bond acceptors (Lipinski definition) is 3. The molecule has 0 saturated heterocycles. The van der Waals surface area contributed by atoms with Crippen molar-refractivity contribution < 1.29 is 9.53 Å². The fraction of sp³-hybridized carbons (Fsp3) is 0.455. The van der Waals surface area contributed by atoms with Crippen LogP contribution in [0.2, 0.25) is 0 Å². The van der Waals surface area contributed by atoms with Crippen LogP contribution in [-0.2, 0) is 22.0 Å². The van der Waals surface area contributed by atoms with Crippen molar-refractivity contribution in [1.82, 2.24) is 4.98 Å². The molecule has 0 N–H and O–H groups in total. The lowest BCUT2D eigenvalue weighted by Crippen LogP contribution is -2.17. The number of ether oxygens (including phenoxy) is 1. The first kappa shape index (κ1) is 19.2. The molecular weight excluding hydrogens is 310 g/mol. The van der Waals surface area contributed by atoms with Crippen molar-refractivity contribution >= 4 is 5.97 Å². The molecule has 0 aliphatic carbocycles. The smallest absolute Gasteiger partial charge is 0.337 e. The Balaban J connectivity index is 2.44. The number of hydrogen-bond donors (Lipinski definition) is 0. The molecule has 0 fully saturated rings. The molecule has 1 aromatic carbocycles. The molecule has 0 amide bonds. The van der Waals surface area contributed by atoms with Crippen LogP contribution in [0, 0.1) is 0 Å². The highest BCUT2D eigenvalue weighted by atomic mass is 16.5. The zero-order chi connectivity index (χ0) is 18.8. The average molecular weight is 339 g/mol. The molecule has 0 atom stereocenters. The highest BCUT2D eigenvalue weighted by Crippen LogP contribution is 2.31. The second-order valence-electron chi connectivity index (χ2n) is 8.62. The van der Waals surface area contributed by atoms with Crippen LogP contribution in [0.1, 0.15) is 74.3 Å². The van der Waals surface area contributed by atoms with Crippen LogP contribution in [0.4, 0.5) is 0 Å². The monoisotopic (exact) mass is 339 g/mol. The Bertz CT molecular complexity index is 732.